The Morgan fingerprint density at radius 3 is 2.52 bits per heavy atom. The first-order valence-corrected chi connectivity index (χ1v) is 11.1. The normalized spacial score (nSPS) is 13.7. The number of pyridine rings is 1. The molecule has 3 heterocycles. The molecule has 13 heteroatoms. The second-order valence-corrected chi connectivity index (χ2v) is 8.95. The summed E-state index contributed by atoms with van der Waals surface area (Å²) in [6.07, 6.45) is 3.44. The zero-order chi connectivity index (χ0) is 22.4. The number of rotatable bonds is 10. The van der Waals surface area contributed by atoms with Gasteiger partial charge in [0.05, 0.1) is 18.2 Å². The maximum Gasteiger partial charge on any atom is 0.240 e. The average Bonchev–Trinajstić information content (AvgIpc) is 3.16. The number of nitrogens with zero attached hydrogens (tertiary/aromatic N) is 6. The predicted octanol–water partition coefficient (Wildman–Crippen LogP) is 1.95. The van der Waals surface area contributed by atoms with Gasteiger partial charge in [-0.15, -0.1) is 10.2 Å². The molecule has 0 amide bonds. The molecule has 2 atom stereocenters. The molecular formula is C18H22ClN7O4S. The molecule has 3 aromatic rings. The van der Waals surface area contributed by atoms with Crippen LogP contribution in [-0.2, 0) is 26.0 Å². The Balaban J connectivity index is 1.90. The largest absolute Gasteiger partial charge is 0.383 e. The molecule has 0 saturated heterocycles. The molecule has 0 aromatic carbocycles. The molecule has 0 bridgehead atoms. The first-order valence-electron chi connectivity index (χ1n) is 9.22. The second-order valence-electron chi connectivity index (χ2n) is 6.47. The van der Waals surface area contributed by atoms with Gasteiger partial charge in [-0.1, -0.05) is 17.7 Å². The van der Waals surface area contributed by atoms with Crippen molar-refractivity contribution in [3.05, 3.63) is 47.6 Å². The highest BCUT2D eigenvalue weighted by Crippen LogP contribution is 2.26. The van der Waals surface area contributed by atoms with E-state index >= 15 is 0 Å². The van der Waals surface area contributed by atoms with E-state index in [4.69, 9.17) is 21.1 Å². The summed E-state index contributed by atoms with van der Waals surface area (Å²) in [5.74, 6) is 0.642. The highest BCUT2D eigenvalue weighted by molar-refractivity contribution is 7.93. The number of halogens is 1. The zero-order valence-corrected chi connectivity index (χ0v) is 18.7. The topological polar surface area (TPSA) is 134 Å². The summed E-state index contributed by atoms with van der Waals surface area (Å²) in [5.41, 5.74) is 0.550. The van der Waals surface area contributed by atoms with Crippen LogP contribution < -0.4 is 4.72 Å². The van der Waals surface area contributed by atoms with Crippen LogP contribution in [0.2, 0.25) is 5.02 Å². The number of methoxy groups -OCH3 is 2. The van der Waals surface area contributed by atoms with Gasteiger partial charge in [0.1, 0.15) is 17.0 Å². The number of aromatic nitrogens is 6. The van der Waals surface area contributed by atoms with Crippen LogP contribution in [0.25, 0.3) is 11.5 Å². The Hall–Kier alpha value is -2.67. The number of anilines is 1. The van der Waals surface area contributed by atoms with Crippen LogP contribution in [0.1, 0.15) is 18.9 Å². The quantitative estimate of drug-likeness (QED) is 0.474. The van der Waals surface area contributed by atoms with Crippen molar-refractivity contribution in [2.75, 3.05) is 25.5 Å². The van der Waals surface area contributed by atoms with E-state index in [0.717, 1.165) is 0 Å². The van der Waals surface area contributed by atoms with Crippen molar-refractivity contribution in [2.24, 2.45) is 0 Å². The molecule has 0 aliphatic heterocycles. The zero-order valence-electron chi connectivity index (χ0n) is 17.1. The minimum atomic E-state index is -3.97. The van der Waals surface area contributed by atoms with Gasteiger partial charge in [0.15, 0.2) is 11.6 Å². The van der Waals surface area contributed by atoms with Crippen molar-refractivity contribution in [3.63, 3.8) is 0 Å². The second kappa shape index (κ2) is 10.1. The van der Waals surface area contributed by atoms with E-state index in [2.05, 4.69) is 29.9 Å². The Morgan fingerprint density at radius 2 is 1.90 bits per heavy atom. The van der Waals surface area contributed by atoms with Gasteiger partial charge in [-0.3, -0.25) is 14.3 Å². The molecule has 166 valence electrons. The van der Waals surface area contributed by atoms with E-state index in [1.165, 1.54) is 26.4 Å². The van der Waals surface area contributed by atoms with Crippen LogP contribution in [0.4, 0.5) is 5.95 Å². The van der Waals surface area contributed by atoms with Crippen molar-refractivity contribution < 1.29 is 17.9 Å². The molecular weight excluding hydrogens is 446 g/mol. The third kappa shape index (κ3) is 5.34. The van der Waals surface area contributed by atoms with E-state index in [0.29, 0.717) is 29.7 Å². The third-order valence-electron chi connectivity index (χ3n) is 4.46. The summed E-state index contributed by atoms with van der Waals surface area (Å²) >= 11 is 5.82. The molecule has 31 heavy (non-hydrogen) atoms. The van der Waals surface area contributed by atoms with Gasteiger partial charge >= 0.3 is 0 Å². The van der Waals surface area contributed by atoms with E-state index in [9.17, 15) is 8.42 Å². The Bertz CT molecular complexity index is 1090. The van der Waals surface area contributed by atoms with Crippen LogP contribution in [0, 0.1) is 0 Å². The number of nitrogens with one attached hydrogen (secondary N) is 1. The minimum absolute atomic E-state index is 0.0384. The first kappa shape index (κ1) is 23.0. The minimum Gasteiger partial charge on any atom is -0.383 e. The van der Waals surface area contributed by atoms with Crippen molar-refractivity contribution in [1.29, 1.82) is 0 Å². The van der Waals surface area contributed by atoms with Crippen LogP contribution in [-0.4, -0.2) is 64.2 Å². The van der Waals surface area contributed by atoms with Crippen LogP contribution in [0.3, 0.4) is 0 Å². The summed E-state index contributed by atoms with van der Waals surface area (Å²) < 4.78 is 40.8. The van der Waals surface area contributed by atoms with Gasteiger partial charge in [-0.25, -0.2) is 18.4 Å². The lowest BCUT2D eigenvalue weighted by Gasteiger charge is -2.22. The van der Waals surface area contributed by atoms with Gasteiger partial charge < -0.3 is 9.47 Å². The van der Waals surface area contributed by atoms with Crippen molar-refractivity contribution in [1.82, 2.24) is 29.7 Å². The molecule has 3 aromatic heterocycles. The lowest BCUT2D eigenvalue weighted by molar-refractivity contribution is 0.0950. The number of hydrogen-bond acceptors (Lipinski definition) is 9. The molecule has 0 aliphatic carbocycles. The average molecular weight is 468 g/mol. The molecule has 0 spiro atoms. The maximum absolute atomic E-state index is 13.1. The number of ether oxygens (including phenoxy) is 2. The van der Waals surface area contributed by atoms with Crippen molar-refractivity contribution in [2.45, 2.75) is 24.8 Å². The van der Waals surface area contributed by atoms with Crippen LogP contribution in [0.15, 0.2) is 36.8 Å². The molecule has 0 fully saturated rings. The summed E-state index contributed by atoms with van der Waals surface area (Å²) in [5, 5.41) is 7.42. The SMILES string of the molecule is COCCn1c(NS(=O)(=O)[C@@H](C)[C@H](OC)c2ncc(Cl)cn2)nnc1-c1ccccn1. The molecule has 0 radical (unpaired) electrons. The fourth-order valence-electron chi connectivity index (χ4n) is 2.82. The monoisotopic (exact) mass is 467 g/mol. The summed E-state index contributed by atoms with van der Waals surface area (Å²) in [6, 6.07) is 5.33. The molecule has 1 N–H and O–H groups in total. The lowest BCUT2D eigenvalue weighted by atomic mass is 10.2. The predicted molar refractivity (Wildman–Crippen MR) is 114 cm³/mol. The highest BCUT2D eigenvalue weighted by Gasteiger charge is 2.34. The third-order valence-corrected chi connectivity index (χ3v) is 6.35. The fourth-order valence-corrected chi connectivity index (χ4v) is 4.06. The van der Waals surface area contributed by atoms with Gasteiger partial charge in [0, 0.05) is 32.8 Å². The number of sulfonamides is 1. The molecule has 0 aliphatic rings. The Morgan fingerprint density at radius 1 is 1.16 bits per heavy atom. The highest BCUT2D eigenvalue weighted by atomic mass is 35.5. The maximum atomic E-state index is 13.1. The lowest BCUT2D eigenvalue weighted by Crippen LogP contribution is -2.33. The van der Waals surface area contributed by atoms with Crippen LogP contribution >= 0.6 is 11.6 Å². The van der Waals surface area contributed by atoms with Gasteiger partial charge in [-0.05, 0) is 19.1 Å². The molecule has 0 saturated carbocycles. The van der Waals surface area contributed by atoms with Gasteiger partial charge in [-0.2, -0.15) is 0 Å². The smallest absolute Gasteiger partial charge is 0.240 e. The Kier molecular flexibility index (Phi) is 7.49. The number of hydrogen-bond donors (Lipinski definition) is 1. The van der Waals surface area contributed by atoms with E-state index in [1.807, 2.05) is 0 Å². The van der Waals surface area contributed by atoms with E-state index in [1.54, 1.807) is 36.1 Å². The standard InChI is InChI=1S/C18H22ClN7O4S/c1-12(15(30-3)16-21-10-13(19)11-22-16)31(27,28)25-18-24-23-17(26(18)8-9-29-2)14-6-4-5-7-20-14/h4-7,10-12,15H,8-9H2,1-3H3,(H,24,25)/t12-,15-/m0/s1. The Labute approximate surface area is 184 Å². The van der Waals surface area contributed by atoms with Crippen LogP contribution in [0.5, 0.6) is 0 Å². The summed E-state index contributed by atoms with van der Waals surface area (Å²) in [4.78, 5) is 12.4. The summed E-state index contributed by atoms with van der Waals surface area (Å²) in [6.45, 7) is 2.13. The van der Waals surface area contributed by atoms with E-state index in [-0.39, 0.29) is 11.8 Å². The summed E-state index contributed by atoms with van der Waals surface area (Å²) in [7, 11) is -1.04. The first-order chi connectivity index (χ1) is 14.9. The van der Waals surface area contributed by atoms with Gasteiger partial charge in [0.2, 0.25) is 16.0 Å². The van der Waals surface area contributed by atoms with Gasteiger partial charge in [0.25, 0.3) is 0 Å². The molecule has 3 rings (SSSR count). The molecule has 0 unspecified atom stereocenters. The molecule has 11 nitrogen and oxygen atoms in total. The van der Waals surface area contributed by atoms with Crippen molar-refractivity contribution in [3.8, 4) is 11.5 Å². The van der Waals surface area contributed by atoms with E-state index < -0.39 is 21.4 Å². The van der Waals surface area contributed by atoms with Crippen molar-refractivity contribution >= 4 is 27.6 Å². The fraction of sp³-hybridized carbons (Fsp3) is 0.389.